The molecule has 152 valence electrons. The van der Waals surface area contributed by atoms with Gasteiger partial charge in [-0.05, 0) is 44.5 Å². The van der Waals surface area contributed by atoms with E-state index in [0.29, 0.717) is 22.9 Å². The van der Waals surface area contributed by atoms with Gasteiger partial charge >= 0.3 is 0 Å². The Balaban J connectivity index is 1.66. The number of aryl methyl sites for hydroxylation is 1. The molecule has 1 aliphatic rings. The average molecular weight is 478 g/mol. The number of halogens is 1. The van der Waals surface area contributed by atoms with Crippen molar-refractivity contribution in [3.8, 4) is 0 Å². The van der Waals surface area contributed by atoms with Gasteiger partial charge in [0.15, 0.2) is 15.6 Å². The van der Waals surface area contributed by atoms with Crippen LogP contribution in [0.2, 0.25) is 0 Å². The number of hydrogen-bond donors (Lipinski definition) is 0. The van der Waals surface area contributed by atoms with Gasteiger partial charge in [-0.3, -0.25) is 14.2 Å². The number of hydrogen-bond acceptors (Lipinski definition) is 5. The smallest absolute Gasteiger partial charge is 0.261 e. The number of ketones is 1. The third-order valence-corrected chi connectivity index (χ3v) is 7.70. The molecule has 1 atom stereocenters. The van der Waals surface area contributed by atoms with Gasteiger partial charge in [0.2, 0.25) is 0 Å². The van der Waals surface area contributed by atoms with Gasteiger partial charge in [-0.1, -0.05) is 15.9 Å². The van der Waals surface area contributed by atoms with Crippen LogP contribution in [0.15, 0.2) is 39.9 Å². The quantitative estimate of drug-likeness (QED) is 0.538. The van der Waals surface area contributed by atoms with Crippen molar-refractivity contribution < 1.29 is 13.2 Å². The molecule has 0 amide bonds. The van der Waals surface area contributed by atoms with Crippen molar-refractivity contribution in [2.75, 3.05) is 11.5 Å². The molecule has 0 spiro atoms. The monoisotopic (exact) mass is 477 g/mol. The molecule has 0 saturated carbocycles. The van der Waals surface area contributed by atoms with Crippen LogP contribution < -0.4 is 5.56 Å². The minimum atomic E-state index is -3.03. The maximum atomic E-state index is 13.0. The van der Waals surface area contributed by atoms with Gasteiger partial charge in [0.1, 0.15) is 0 Å². The summed E-state index contributed by atoms with van der Waals surface area (Å²) in [4.78, 5) is 30.0. The molecule has 3 aromatic rings. The van der Waals surface area contributed by atoms with Crippen LogP contribution >= 0.6 is 15.9 Å². The van der Waals surface area contributed by atoms with Crippen molar-refractivity contribution in [1.82, 2.24) is 14.1 Å². The summed E-state index contributed by atoms with van der Waals surface area (Å²) in [5.74, 6) is 0.0643. The lowest BCUT2D eigenvalue weighted by Crippen LogP contribution is -2.25. The third kappa shape index (κ3) is 3.69. The van der Waals surface area contributed by atoms with Gasteiger partial charge in [0.05, 0.1) is 35.3 Å². The van der Waals surface area contributed by atoms with Crippen LogP contribution in [0.25, 0.3) is 10.9 Å². The predicted molar refractivity (Wildman–Crippen MR) is 114 cm³/mol. The number of benzene rings is 1. The second kappa shape index (κ2) is 7.21. The second-order valence-electron chi connectivity index (χ2n) is 7.47. The van der Waals surface area contributed by atoms with E-state index in [2.05, 4.69) is 20.9 Å². The van der Waals surface area contributed by atoms with Crippen molar-refractivity contribution in [2.24, 2.45) is 0 Å². The van der Waals surface area contributed by atoms with E-state index in [1.165, 1.54) is 10.9 Å². The van der Waals surface area contributed by atoms with E-state index in [9.17, 15) is 18.0 Å². The van der Waals surface area contributed by atoms with Crippen LogP contribution in [0.5, 0.6) is 0 Å². The van der Waals surface area contributed by atoms with E-state index < -0.39 is 9.84 Å². The van der Waals surface area contributed by atoms with Gasteiger partial charge < -0.3 is 4.57 Å². The van der Waals surface area contributed by atoms with Crippen molar-refractivity contribution >= 4 is 42.5 Å². The van der Waals surface area contributed by atoms with Crippen LogP contribution in [0.4, 0.5) is 0 Å². The molecule has 1 aromatic carbocycles. The molecule has 0 aliphatic carbocycles. The summed E-state index contributed by atoms with van der Waals surface area (Å²) in [6.07, 6.45) is 1.94. The molecule has 4 rings (SSSR count). The van der Waals surface area contributed by atoms with Gasteiger partial charge in [0, 0.05) is 27.5 Å². The highest BCUT2D eigenvalue weighted by molar-refractivity contribution is 9.10. The highest BCUT2D eigenvalue weighted by Gasteiger charge is 2.31. The number of sulfone groups is 1. The zero-order chi connectivity index (χ0) is 20.9. The first-order chi connectivity index (χ1) is 13.7. The zero-order valence-electron chi connectivity index (χ0n) is 16.1. The largest absolute Gasteiger partial charge is 0.344 e. The van der Waals surface area contributed by atoms with Crippen molar-refractivity contribution in [3.63, 3.8) is 0 Å². The summed E-state index contributed by atoms with van der Waals surface area (Å²) < 4.78 is 27.7. The highest BCUT2D eigenvalue weighted by Crippen LogP contribution is 2.29. The van der Waals surface area contributed by atoms with E-state index in [4.69, 9.17) is 0 Å². The number of Topliss-reactive ketones (excluding diaryl/α,β-unsaturated/α-hetero) is 1. The van der Waals surface area contributed by atoms with Gasteiger partial charge in [0.25, 0.3) is 5.56 Å². The molecule has 29 heavy (non-hydrogen) atoms. The number of carbonyl (C=O) groups excluding carboxylic acids is 1. The maximum Gasteiger partial charge on any atom is 0.261 e. The van der Waals surface area contributed by atoms with E-state index in [0.717, 1.165) is 15.9 Å². The number of fused-ring (bicyclic) bond motifs is 1. The van der Waals surface area contributed by atoms with Crippen LogP contribution in [0.3, 0.4) is 0 Å². The Morgan fingerprint density at radius 1 is 1.28 bits per heavy atom. The molecule has 1 aliphatic heterocycles. The maximum absolute atomic E-state index is 13.0. The Morgan fingerprint density at radius 3 is 2.72 bits per heavy atom. The van der Waals surface area contributed by atoms with E-state index in [1.54, 1.807) is 18.2 Å². The summed E-state index contributed by atoms with van der Waals surface area (Å²) in [6, 6.07) is 6.87. The zero-order valence-corrected chi connectivity index (χ0v) is 18.5. The third-order valence-electron chi connectivity index (χ3n) is 5.46. The van der Waals surface area contributed by atoms with Gasteiger partial charge in [-0.2, -0.15) is 0 Å². The topological polar surface area (TPSA) is 91.0 Å². The molecule has 7 nitrogen and oxygen atoms in total. The molecule has 0 bridgehead atoms. The summed E-state index contributed by atoms with van der Waals surface area (Å²) in [5.41, 5.74) is 2.39. The molecule has 9 heteroatoms. The van der Waals surface area contributed by atoms with Gasteiger partial charge in [-0.15, -0.1) is 0 Å². The van der Waals surface area contributed by atoms with Gasteiger partial charge in [-0.25, -0.2) is 13.4 Å². The lowest BCUT2D eigenvalue weighted by atomic mass is 10.1. The first-order valence-electron chi connectivity index (χ1n) is 9.23. The van der Waals surface area contributed by atoms with Crippen LogP contribution in [-0.2, 0) is 16.4 Å². The molecule has 1 unspecified atom stereocenters. The van der Waals surface area contributed by atoms with Crippen LogP contribution in [-0.4, -0.2) is 39.8 Å². The Labute approximate surface area is 176 Å². The number of nitrogens with zero attached hydrogens (tertiary/aromatic N) is 3. The van der Waals surface area contributed by atoms with E-state index in [-0.39, 0.29) is 35.4 Å². The number of rotatable bonds is 4. The predicted octanol–water partition coefficient (Wildman–Crippen LogP) is 2.82. The Morgan fingerprint density at radius 2 is 2.03 bits per heavy atom. The Bertz CT molecular complexity index is 1310. The van der Waals surface area contributed by atoms with E-state index in [1.807, 2.05) is 24.5 Å². The molecule has 0 radical (unpaired) electrons. The highest BCUT2D eigenvalue weighted by atomic mass is 79.9. The number of aromatic nitrogens is 3. The fourth-order valence-electron chi connectivity index (χ4n) is 4.08. The van der Waals surface area contributed by atoms with Crippen LogP contribution in [0.1, 0.15) is 34.2 Å². The minimum absolute atomic E-state index is 0.0971. The fourth-order valence-corrected chi connectivity index (χ4v) is 6.14. The molecule has 2 aromatic heterocycles. The lowest BCUT2D eigenvalue weighted by Gasteiger charge is -2.16. The normalized spacial score (nSPS) is 18.4. The molecular weight excluding hydrogens is 458 g/mol. The standard InChI is InChI=1S/C20H20BrN3O4S/c1-12-7-16(13(2)24(12)15-5-6-29(27,28)10-15)19(25)9-23-11-22-18-4-3-14(21)8-17(18)20(23)26/h3-4,7-8,11,15H,5-6,9-10H2,1-2H3. The first-order valence-corrected chi connectivity index (χ1v) is 11.8. The van der Waals surface area contributed by atoms with Crippen molar-refractivity contribution in [3.05, 3.63) is 62.4 Å². The molecular formula is C20H20BrN3O4S. The van der Waals surface area contributed by atoms with Crippen molar-refractivity contribution in [1.29, 1.82) is 0 Å². The summed E-state index contributed by atoms with van der Waals surface area (Å²) in [7, 11) is -3.03. The molecule has 1 fully saturated rings. The van der Waals surface area contributed by atoms with E-state index >= 15 is 0 Å². The first kappa shape index (κ1) is 20.0. The summed E-state index contributed by atoms with van der Waals surface area (Å²) in [6.45, 7) is 3.57. The van der Waals surface area contributed by atoms with Crippen molar-refractivity contribution in [2.45, 2.75) is 32.9 Å². The minimum Gasteiger partial charge on any atom is -0.344 e. The summed E-state index contributed by atoms with van der Waals surface area (Å²) in [5, 5.41) is 0.441. The molecule has 0 N–H and O–H groups in total. The SMILES string of the molecule is Cc1cc(C(=O)Cn2cnc3ccc(Br)cc3c2=O)c(C)n1C1CCS(=O)(=O)C1. The van der Waals surface area contributed by atoms with Crippen LogP contribution in [0, 0.1) is 13.8 Å². The average Bonchev–Trinajstić information content (AvgIpc) is 3.16. The fraction of sp³-hybridized carbons (Fsp3) is 0.350. The summed E-state index contributed by atoms with van der Waals surface area (Å²) >= 11 is 3.35. The molecule has 1 saturated heterocycles. The molecule has 3 heterocycles. The second-order valence-corrected chi connectivity index (χ2v) is 10.6. The lowest BCUT2D eigenvalue weighted by molar-refractivity contribution is 0.0970. The Kier molecular flexibility index (Phi) is 4.98. The Hall–Kier alpha value is -2.26. The number of carbonyl (C=O) groups is 1.